The van der Waals surface area contributed by atoms with E-state index in [2.05, 4.69) is 207 Å². The minimum Gasteiger partial charge on any atom is -0.309 e. The lowest BCUT2D eigenvalue weighted by Gasteiger charge is -2.42. The topological polar surface area (TPSA) is 48.5 Å². The van der Waals surface area contributed by atoms with E-state index in [9.17, 15) is 0 Å². The smallest absolute Gasteiger partial charge is 0.238 e. The minimum absolute atomic E-state index is 0.0510. The van der Waals surface area contributed by atoms with Crippen molar-refractivity contribution in [1.29, 1.82) is 0 Å². The van der Waals surface area contributed by atoms with E-state index in [4.69, 9.17) is 15.0 Å². The molecule has 3 heterocycles. The molecule has 64 heavy (non-hydrogen) atoms. The molecule has 12 rings (SSSR count). The Morgan fingerprint density at radius 3 is 1.44 bits per heavy atom. The van der Waals surface area contributed by atoms with Crippen LogP contribution in [0.25, 0.3) is 100 Å². The Morgan fingerprint density at radius 2 is 0.828 bits per heavy atom. The lowest BCUT2D eigenvalue weighted by atomic mass is 9.63. The highest BCUT2D eigenvalue weighted by Gasteiger charge is 2.38. The summed E-state index contributed by atoms with van der Waals surface area (Å²) in [6.45, 7) is 9.68. The molecule has 0 unspecified atom stereocenters. The number of hydrogen-bond acceptors (Lipinski definition) is 3. The quantitative estimate of drug-likeness (QED) is 0.168. The molecule has 8 aromatic carbocycles. The number of hydrogen-bond donors (Lipinski definition) is 0. The van der Waals surface area contributed by atoms with Crippen LogP contribution in [0.2, 0.25) is 0 Å². The Bertz CT molecular complexity index is 3520. The number of benzene rings is 8. The van der Waals surface area contributed by atoms with Gasteiger partial charge in [-0.3, -0.25) is 4.57 Å². The molecule has 0 radical (unpaired) electrons. The van der Waals surface area contributed by atoms with Crippen LogP contribution >= 0.6 is 0 Å². The van der Waals surface area contributed by atoms with Crippen LogP contribution in [0, 0.1) is 0 Å². The molecule has 0 fully saturated rings. The second-order valence-electron chi connectivity index (χ2n) is 18.7. The fourth-order valence-corrected chi connectivity index (χ4v) is 10.4. The molecule has 0 atom stereocenters. The molecule has 3 aromatic heterocycles. The van der Waals surface area contributed by atoms with E-state index in [0.29, 0.717) is 17.6 Å². The first-order valence-corrected chi connectivity index (χ1v) is 22.4. The summed E-state index contributed by atoms with van der Waals surface area (Å²) in [7, 11) is 0. The van der Waals surface area contributed by atoms with Crippen molar-refractivity contribution in [2.75, 3.05) is 0 Å². The van der Waals surface area contributed by atoms with E-state index in [1.54, 1.807) is 0 Å². The van der Waals surface area contributed by atoms with Gasteiger partial charge in [-0.1, -0.05) is 155 Å². The van der Waals surface area contributed by atoms with Crippen LogP contribution in [0.4, 0.5) is 0 Å². The summed E-state index contributed by atoms with van der Waals surface area (Å²) in [5.41, 5.74) is 15.0. The molecule has 5 heteroatoms. The highest BCUT2D eigenvalue weighted by Crippen LogP contribution is 2.50. The maximum atomic E-state index is 5.46. The molecule has 308 valence electrons. The molecule has 0 bridgehead atoms. The second-order valence-corrected chi connectivity index (χ2v) is 18.7. The molecule has 0 amide bonds. The molecule has 1 aliphatic carbocycles. The van der Waals surface area contributed by atoms with Crippen molar-refractivity contribution in [2.45, 2.75) is 51.4 Å². The number of nitrogens with zero attached hydrogens (tertiary/aromatic N) is 5. The van der Waals surface area contributed by atoms with Crippen LogP contribution in [0.1, 0.15) is 51.7 Å². The van der Waals surface area contributed by atoms with E-state index in [1.807, 2.05) is 18.2 Å². The SMILES string of the molecule is CC1(C)CCC(C)(C)c2cc3c(cc21)c1c2c4ccccc4n(-c4nc(-c5ccccc5)nc(-c5cc(-c6ccccc6)cc(-c6ccccc6)c5)n4)c2ccc1n3-c1ccccc1. The highest BCUT2D eigenvalue weighted by atomic mass is 15.2. The molecule has 11 aromatic rings. The number of aromatic nitrogens is 5. The fraction of sp³-hybridized carbons (Fsp3) is 0.136. The summed E-state index contributed by atoms with van der Waals surface area (Å²) in [6, 6.07) is 67.3. The van der Waals surface area contributed by atoms with Gasteiger partial charge in [-0.2, -0.15) is 9.97 Å². The lowest BCUT2D eigenvalue weighted by Crippen LogP contribution is -2.33. The van der Waals surface area contributed by atoms with Gasteiger partial charge in [0.25, 0.3) is 0 Å². The van der Waals surface area contributed by atoms with Crippen molar-refractivity contribution in [3.8, 4) is 56.7 Å². The van der Waals surface area contributed by atoms with E-state index in [0.717, 1.165) is 68.3 Å². The van der Waals surface area contributed by atoms with Gasteiger partial charge in [0.05, 0.1) is 22.1 Å². The first-order valence-electron chi connectivity index (χ1n) is 22.4. The summed E-state index contributed by atoms with van der Waals surface area (Å²) in [4.78, 5) is 16.1. The van der Waals surface area contributed by atoms with Gasteiger partial charge in [0, 0.05) is 38.4 Å². The van der Waals surface area contributed by atoms with Crippen LogP contribution in [-0.4, -0.2) is 24.1 Å². The molecular weight excluding hydrogens is 779 g/mol. The predicted molar refractivity (Wildman–Crippen MR) is 266 cm³/mol. The van der Waals surface area contributed by atoms with Gasteiger partial charge in [0.15, 0.2) is 11.6 Å². The van der Waals surface area contributed by atoms with Gasteiger partial charge in [-0.05, 0) is 118 Å². The second kappa shape index (κ2) is 14.5. The van der Waals surface area contributed by atoms with Crippen molar-refractivity contribution in [3.63, 3.8) is 0 Å². The van der Waals surface area contributed by atoms with Gasteiger partial charge in [0.1, 0.15) is 0 Å². The first kappa shape index (κ1) is 38.1. The molecule has 5 nitrogen and oxygen atoms in total. The maximum Gasteiger partial charge on any atom is 0.238 e. The first-order chi connectivity index (χ1) is 31.2. The molecule has 0 saturated heterocycles. The van der Waals surface area contributed by atoms with Gasteiger partial charge in [-0.15, -0.1) is 0 Å². The molecule has 0 saturated carbocycles. The van der Waals surface area contributed by atoms with Gasteiger partial charge in [0.2, 0.25) is 5.95 Å². The Kier molecular flexibility index (Phi) is 8.61. The Labute approximate surface area is 373 Å². The third-order valence-corrected chi connectivity index (χ3v) is 13.8. The zero-order chi connectivity index (χ0) is 43.2. The number of fused-ring (bicyclic) bond motifs is 8. The van der Waals surface area contributed by atoms with E-state index >= 15 is 0 Å². The Balaban J connectivity index is 1.17. The van der Waals surface area contributed by atoms with Gasteiger partial charge < -0.3 is 4.57 Å². The van der Waals surface area contributed by atoms with E-state index in [-0.39, 0.29) is 10.8 Å². The Morgan fingerprint density at radius 1 is 0.359 bits per heavy atom. The minimum atomic E-state index is 0.0510. The van der Waals surface area contributed by atoms with Gasteiger partial charge in [-0.25, -0.2) is 4.98 Å². The lowest BCUT2D eigenvalue weighted by molar-refractivity contribution is 0.332. The van der Waals surface area contributed by atoms with Gasteiger partial charge >= 0.3 is 0 Å². The van der Waals surface area contributed by atoms with Crippen LogP contribution < -0.4 is 0 Å². The molecular formula is C59H47N5. The normalized spacial score (nSPS) is 14.4. The third kappa shape index (κ3) is 6.10. The monoisotopic (exact) mass is 825 g/mol. The summed E-state index contributed by atoms with van der Waals surface area (Å²) < 4.78 is 4.74. The Hall–Kier alpha value is -7.63. The largest absolute Gasteiger partial charge is 0.309 e. The van der Waals surface area contributed by atoms with Crippen molar-refractivity contribution in [2.24, 2.45) is 0 Å². The number of rotatable bonds is 6. The molecule has 0 aliphatic heterocycles. The van der Waals surface area contributed by atoms with Crippen molar-refractivity contribution >= 4 is 43.6 Å². The van der Waals surface area contributed by atoms with Crippen molar-refractivity contribution in [1.82, 2.24) is 24.1 Å². The molecule has 1 aliphatic rings. The number of para-hydroxylation sites is 2. The highest BCUT2D eigenvalue weighted by molar-refractivity contribution is 6.29. The summed E-state index contributed by atoms with van der Waals surface area (Å²) >= 11 is 0. The fourth-order valence-electron chi connectivity index (χ4n) is 10.4. The third-order valence-electron chi connectivity index (χ3n) is 13.8. The van der Waals surface area contributed by atoms with Crippen LogP contribution in [-0.2, 0) is 10.8 Å². The van der Waals surface area contributed by atoms with E-state index in [1.165, 1.54) is 38.3 Å². The zero-order valence-corrected chi connectivity index (χ0v) is 36.5. The zero-order valence-electron chi connectivity index (χ0n) is 36.5. The van der Waals surface area contributed by atoms with Crippen LogP contribution in [0.15, 0.2) is 188 Å². The summed E-state index contributed by atoms with van der Waals surface area (Å²) in [5, 5.41) is 4.87. The average Bonchev–Trinajstić information content (AvgIpc) is 3.86. The molecule has 0 N–H and O–H groups in total. The standard InChI is InChI=1S/C59H47N5/c1-58(2)31-32-59(3,4)48-37-52-46(36-47(48)58)54-50(63(52)44-25-15-8-16-26-44)29-30-51-53(54)45-27-17-18-28-49(45)64(51)57-61-55(40-23-13-7-14-24-40)60-56(62-57)43-34-41(38-19-9-5-10-20-38)33-42(35-43)39-21-11-6-12-22-39/h5-30,33-37H,31-32H2,1-4H3. The van der Waals surface area contributed by atoms with Crippen LogP contribution in [0.3, 0.4) is 0 Å². The van der Waals surface area contributed by atoms with Crippen molar-refractivity contribution < 1.29 is 0 Å². The van der Waals surface area contributed by atoms with Crippen molar-refractivity contribution in [3.05, 3.63) is 199 Å². The average molecular weight is 826 g/mol. The maximum absolute atomic E-state index is 5.46. The summed E-state index contributed by atoms with van der Waals surface area (Å²) in [6.07, 6.45) is 2.31. The molecule has 0 spiro atoms. The summed E-state index contributed by atoms with van der Waals surface area (Å²) in [5.74, 6) is 1.81. The van der Waals surface area contributed by atoms with Crippen LogP contribution in [0.5, 0.6) is 0 Å². The predicted octanol–water partition coefficient (Wildman–Crippen LogP) is 15.1. The van der Waals surface area contributed by atoms with E-state index < -0.39 is 0 Å².